The molecule has 0 heterocycles. The number of carbonyl (C=O) groups is 1. The lowest BCUT2D eigenvalue weighted by molar-refractivity contribution is 0.102. The predicted octanol–water partition coefficient (Wildman–Crippen LogP) is 6.08. The van der Waals surface area contributed by atoms with Crippen molar-refractivity contribution in [2.24, 2.45) is 0 Å². The highest BCUT2D eigenvalue weighted by atomic mass is 127. The lowest BCUT2D eigenvalue weighted by Crippen LogP contribution is -2.14. The Hall–Kier alpha value is -2.54. The molecule has 3 aromatic carbocycles. The number of nitrogens with one attached hydrogen (secondary N) is 1. The molecule has 0 bridgehead atoms. The fraction of sp³-hybridized carbons (Fsp3) is 0.208. The van der Waals surface area contributed by atoms with Crippen LogP contribution in [0.3, 0.4) is 0 Å². The number of benzene rings is 3. The number of aryl methyl sites for hydroxylation is 1. The van der Waals surface area contributed by atoms with E-state index in [1.54, 1.807) is 6.07 Å². The highest BCUT2D eigenvalue weighted by Gasteiger charge is 2.17. The van der Waals surface area contributed by atoms with Gasteiger partial charge in [-0.1, -0.05) is 55.5 Å². The minimum absolute atomic E-state index is 0.170. The van der Waals surface area contributed by atoms with E-state index in [-0.39, 0.29) is 5.91 Å². The maximum atomic E-state index is 12.9. The summed E-state index contributed by atoms with van der Waals surface area (Å²) in [4.78, 5) is 12.9. The van der Waals surface area contributed by atoms with Crippen molar-refractivity contribution < 1.29 is 14.3 Å². The van der Waals surface area contributed by atoms with Crippen LogP contribution >= 0.6 is 22.6 Å². The Kier molecular flexibility index (Phi) is 7.52. The van der Waals surface area contributed by atoms with Crippen LogP contribution < -0.4 is 14.8 Å². The summed E-state index contributed by atoms with van der Waals surface area (Å²) in [6.07, 6.45) is 0.850. The van der Waals surface area contributed by atoms with Crippen LogP contribution in [-0.4, -0.2) is 12.5 Å². The maximum absolute atomic E-state index is 12.9. The molecule has 0 saturated heterocycles. The summed E-state index contributed by atoms with van der Waals surface area (Å²) in [6, 6.07) is 21.3. The first-order valence-electron chi connectivity index (χ1n) is 9.64. The molecule has 5 heteroatoms. The second-order valence-corrected chi connectivity index (χ2v) is 7.62. The average molecular weight is 501 g/mol. The molecule has 1 amide bonds. The average Bonchev–Trinajstić information content (AvgIpc) is 2.75. The van der Waals surface area contributed by atoms with E-state index in [9.17, 15) is 4.79 Å². The molecular formula is C24H24INO3. The van der Waals surface area contributed by atoms with Crippen LogP contribution in [0.15, 0.2) is 66.7 Å². The summed E-state index contributed by atoms with van der Waals surface area (Å²) in [7, 11) is 0. The molecule has 3 rings (SSSR count). The van der Waals surface area contributed by atoms with E-state index in [0.29, 0.717) is 30.3 Å². The summed E-state index contributed by atoms with van der Waals surface area (Å²) in [5, 5.41) is 3.02. The van der Waals surface area contributed by atoms with Gasteiger partial charge in [-0.2, -0.15) is 0 Å². The van der Waals surface area contributed by atoms with E-state index in [0.717, 1.165) is 26.8 Å². The molecular weight excluding hydrogens is 477 g/mol. The number of anilines is 1. The first kappa shape index (κ1) is 21.2. The highest BCUT2D eigenvalue weighted by molar-refractivity contribution is 14.1. The molecule has 3 aromatic rings. The Morgan fingerprint density at radius 1 is 0.966 bits per heavy atom. The fourth-order valence-corrected chi connectivity index (χ4v) is 3.73. The van der Waals surface area contributed by atoms with Gasteiger partial charge < -0.3 is 14.8 Å². The van der Waals surface area contributed by atoms with Gasteiger partial charge in [0.25, 0.3) is 5.91 Å². The zero-order valence-electron chi connectivity index (χ0n) is 16.6. The molecule has 0 radical (unpaired) electrons. The Labute approximate surface area is 185 Å². The van der Waals surface area contributed by atoms with Crippen molar-refractivity contribution in [1.82, 2.24) is 0 Å². The van der Waals surface area contributed by atoms with Crippen molar-refractivity contribution >= 4 is 34.2 Å². The first-order chi connectivity index (χ1) is 14.1. The molecule has 0 spiro atoms. The molecule has 0 saturated carbocycles. The molecule has 1 N–H and O–H groups in total. The van der Waals surface area contributed by atoms with Gasteiger partial charge in [0.2, 0.25) is 0 Å². The third-order valence-electron chi connectivity index (χ3n) is 4.44. The third kappa shape index (κ3) is 5.50. The van der Waals surface area contributed by atoms with Gasteiger partial charge in [-0.3, -0.25) is 4.79 Å². The first-order valence-corrected chi connectivity index (χ1v) is 10.7. The lowest BCUT2D eigenvalue weighted by Gasteiger charge is -2.16. The molecule has 0 fully saturated rings. The van der Waals surface area contributed by atoms with Gasteiger partial charge in [0.15, 0.2) is 11.5 Å². The number of para-hydroxylation sites is 1. The monoisotopic (exact) mass is 501 g/mol. The SMILES string of the molecule is CCOc1c(I)cc(C(=O)Nc2ccccc2CC)cc1OCc1ccccc1. The van der Waals surface area contributed by atoms with Crippen molar-refractivity contribution in [3.8, 4) is 11.5 Å². The van der Waals surface area contributed by atoms with Crippen LogP contribution in [0.2, 0.25) is 0 Å². The van der Waals surface area contributed by atoms with Crippen molar-refractivity contribution in [2.45, 2.75) is 26.9 Å². The van der Waals surface area contributed by atoms with Gasteiger partial charge >= 0.3 is 0 Å². The number of hydrogen-bond acceptors (Lipinski definition) is 3. The number of carbonyl (C=O) groups excluding carboxylic acids is 1. The second kappa shape index (κ2) is 10.3. The van der Waals surface area contributed by atoms with E-state index in [1.807, 2.05) is 67.6 Å². The van der Waals surface area contributed by atoms with Gasteiger partial charge in [0.05, 0.1) is 10.2 Å². The number of ether oxygens (including phenoxy) is 2. The Morgan fingerprint density at radius 2 is 1.69 bits per heavy atom. The predicted molar refractivity (Wildman–Crippen MR) is 125 cm³/mol. The number of halogens is 1. The summed E-state index contributed by atoms with van der Waals surface area (Å²) < 4.78 is 12.7. The van der Waals surface area contributed by atoms with Crippen LogP contribution in [0.25, 0.3) is 0 Å². The lowest BCUT2D eigenvalue weighted by atomic mass is 10.1. The molecule has 0 aliphatic carbocycles. The standard InChI is InChI=1S/C24H24INO3/c1-3-18-12-8-9-13-21(18)26-24(27)19-14-20(25)23(28-4-2)22(15-19)29-16-17-10-6-5-7-11-17/h5-15H,3-4,16H2,1-2H3,(H,26,27). The minimum Gasteiger partial charge on any atom is -0.489 e. The van der Waals surface area contributed by atoms with Gasteiger partial charge in [-0.25, -0.2) is 0 Å². The molecule has 0 atom stereocenters. The normalized spacial score (nSPS) is 10.4. The Balaban J connectivity index is 1.86. The van der Waals surface area contributed by atoms with E-state index < -0.39 is 0 Å². The zero-order chi connectivity index (χ0) is 20.6. The maximum Gasteiger partial charge on any atom is 0.255 e. The summed E-state index contributed by atoms with van der Waals surface area (Å²) in [5.41, 5.74) is 3.51. The van der Waals surface area contributed by atoms with Gasteiger partial charge in [0, 0.05) is 11.3 Å². The summed E-state index contributed by atoms with van der Waals surface area (Å²) >= 11 is 2.18. The number of rotatable bonds is 8. The molecule has 29 heavy (non-hydrogen) atoms. The quantitative estimate of drug-likeness (QED) is 0.381. The van der Waals surface area contributed by atoms with Crippen molar-refractivity contribution in [3.05, 3.63) is 87.0 Å². The molecule has 4 nitrogen and oxygen atoms in total. The van der Waals surface area contributed by atoms with Crippen LogP contribution in [0.5, 0.6) is 11.5 Å². The van der Waals surface area contributed by atoms with E-state index in [2.05, 4.69) is 34.8 Å². The smallest absolute Gasteiger partial charge is 0.255 e. The van der Waals surface area contributed by atoms with Crippen molar-refractivity contribution in [2.75, 3.05) is 11.9 Å². The van der Waals surface area contributed by atoms with Crippen molar-refractivity contribution in [1.29, 1.82) is 0 Å². The number of amides is 1. The third-order valence-corrected chi connectivity index (χ3v) is 5.25. The van der Waals surface area contributed by atoms with E-state index >= 15 is 0 Å². The summed E-state index contributed by atoms with van der Waals surface area (Å²) in [5.74, 6) is 1.06. The highest BCUT2D eigenvalue weighted by Crippen LogP contribution is 2.35. The molecule has 0 aromatic heterocycles. The fourth-order valence-electron chi connectivity index (χ4n) is 2.97. The van der Waals surface area contributed by atoms with Crippen LogP contribution in [0.1, 0.15) is 35.3 Å². The largest absolute Gasteiger partial charge is 0.489 e. The van der Waals surface area contributed by atoms with Gasteiger partial charge in [-0.15, -0.1) is 0 Å². The van der Waals surface area contributed by atoms with Gasteiger partial charge in [0.1, 0.15) is 6.61 Å². The molecule has 0 unspecified atom stereocenters. The second-order valence-electron chi connectivity index (χ2n) is 6.46. The van der Waals surface area contributed by atoms with Gasteiger partial charge in [-0.05, 0) is 65.3 Å². The van der Waals surface area contributed by atoms with E-state index in [4.69, 9.17) is 9.47 Å². The summed E-state index contributed by atoms with van der Waals surface area (Å²) in [6.45, 7) is 4.92. The Morgan fingerprint density at radius 3 is 2.41 bits per heavy atom. The molecule has 0 aliphatic rings. The molecule has 0 aliphatic heterocycles. The topological polar surface area (TPSA) is 47.6 Å². The van der Waals surface area contributed by atoms with Crippen molar-refractivity contribution in [3.63, 3.8) is 0 Å². The van der Waals surface area contributed by atoms with Crippen LogP contribution in [0, 0.1) is 3.57 Å². The van der Waals surface area contributed by atoms with Crippen LogP contribution in [0.4, 0.5) is 5.69 Å². The number of hydrogen-bond donors (Lipinski definition) is 1. The minimum atomic E-state index is -0.170. The van der Waals surface area contributed by atoms with E-state index in [1.165, 1.54) is 0 Å². The Bertz CT molecular complexity index is 973. The van der Waals surface area contributed by atoms with Crippen LogP contribution in [-0.2, 0) is 13.0 Å². The zero-order valence-corrected chi connectivity index (χ0v) is 18.7. The molecule has 150 valence electrons.